The zero-order valence-electron chi connectivity index (χ0n) is 18.0. The van der Waals surface area contributed by atoms with Crippen LogP contribution in [0.1, 0.15) is 20.8 Å². The van der Waals surface area contributed by atoms with Crippen molar-refractivity contribution in [1.29, 1.82) is 0 Å². The van der Waals surface area contributed by atoms with E-state index in [1.165, 1.54) is 17.7 Å². The number of hydrogen-bond donors (Lipinski definition) is 1. The fraction of sp³-hybridized carbons (Fsp3) is 0.261. The lowest BCUT2D eigenvalue weighted by Gasteiger charge is -2.18. The largest absolute Gasteiger partial charge is 0.493 e. The van der Waals surface area contributed by atoms with Crippen LogP contribution in [0.3, 0.4) is 0 Å². The Balaban J connectivity index is 1.94. The van der Waals surface area contributed by atoms with Gasteiger partial charge in [0, 0.05) is 25.2 Å². The Bertz CT molecular complexity index is 1100. The molecule has 0 aliphatic rings. The van der Waals surface area contributed by atoms with Gasteiger partial charge in [0.15, 0.2) is 11.5 Å². The molecule has 1 amide bonds. The summed E-state index contributed by atoms with van der Waals surface area (Å²) in [7, 11) is 3.22. The molecule has 0 fully saturated rings. The zero-order chi connectivity index (χ0) is 22.4. The highest BCUT2D eigenvalue weighted by molar-refractivity contribution is 7.20. The summed E-state index contributed by atoms with van der Waals surface area (Å²) in [5, 5.41) is 4.21. The summed E-state index contributed by atoms with van der Waals surface area (Å²) >= 11 is 1.37. The maximum Gasteiger partial charge on any atom is 0.264 e. The first-order chi connectivity index (χ1) is 15.0. The molecule has 8 heteroatoms. The summed E-state index contributed by atoms with van der Waals surface area (Å²) in [4.78, 5) is 25.0. The van der Waals surface area contributed by atoms with E-state index in [2.05, 4.69) is 28.4 Å². The van der Waals surface area contributed by atoms with E-state index in [1.807, 2.05) is 25.1 Å². The second kappa shape index (κ2) is 10.1. The van der Waals surface area contributed by atoms with Gasteiger partial charge < -0.3 is 19.7 Å². The molecule has 0 unspecified atom stereocenters. The van der Waals surface area contributed by atoms with Gasteiger partial charge in [-0.15, -0.1) is 24.5 Å². The lowest BCUT2D eigenvalue weighted by Crippen LogP contribution is -2.31. The highest BCUT2D eigenvalue weighted by atomic mass is 32.1. The maximum absolute atomic E-state index is 13.1. The van der Waals surface area contributed by atoms with Crippen molar-refractivity contribution in [2.45, 2.75) is 13.5 Å². The number of thiophene rings is 1. The van der Waals surface area contributed by atoms with Crippen molar-refractivity contribution < 1.29 is 14.3 Å². The first-order valence-corrected chi connectivity index (χ1v) is 10.6. The highest BCUT2D eigenvalue weighted by Crippen LogP contribution is 2.35. The number of aromatic nitrogens is 2. The van der Waals surface area contributed by atoms with Gasteiger partial charge in [-0.2, -0.15) is 0 Å². The Kier molecular flexibility index (Phi) is 7.25. The number of anilines is 1. The number of nitrogens with zero attached hydrogens (tertiary/aromatic N) is 3. The van der Waals surface area contributed by atoms with Gasteiger partial charge in [0.2, 0.25) is 0 Å². The van der Waals surface area contributed by atoms with Gasteiger partial charge in [0.05, 0.1) is 24.5 Å². The van der Waals surface area contributed by atoms with Crippen molar-refractivity contribution in [3.63, 3.8) is 0 Å². The molecule has 3 aromatic rings. The van der Waals surface area contributed by atoms with Crippen LogP contribution < -0.4 is 14.8 Å². The van der Waals surface area contributed by atoms with Crippen molar-refractivity contribution in [1.82, 2.24) is 14.9 Å². The number of rotatable bonds is 10. The third kappa shape index (κ3) is 4.54. The maximum atomic E-state index is 13.1. The molecule has 2 aromatic heterocycles. The number of para-hydroxylation sites is 1. The van der Waals surface area contributed by atoms with Crippen molar-refractivity contribution in [2.75, 3.05) is 32.6 Å². The summed E-state index contributed by atoms with van der Waals surface area (Å²) in [5.41, 5.74) is 1.78. The lowest BCUT2D eigenvalue weighted by atomic mass is 10.1. The normalized spacial score (nSPS) is 10.5. The molecule has 3 rings (SSSR count). The van der Waals surface area contributed by atoms with E-state index < -0.39 is 0 Å². The number of ether oxygens (including phenoxy) is 2. The van der Waals surface area contributed by atoms with E-state index in [9.17, 15) is 4.79 Å². The predicted octanol–water partition coefficient (Wildman–Crippen LogP) is 4.44. The van der Waals surface area contributed by atoms with Crippen molar-refractivity contribution in [3.8, 4) is 11.5 Å². The monoisotopic (exact) mass is 438 g/mol. The quantitative estimate of drug-likeness (QED) is 0.472. The SMILES string of the molecule is C=CCN(CC=C)C(=O)c1sc2ncnc(NCc3cccc(OC)c3OC)c2c1C. The van der Waals surface area contributed by atoms with Gasteiger partial charge >= 0.3 is 0 Å². The Labute approximate surface area is 186 Å². The van der Waals surface area contributed by atoms with Crippen LogP contribution in [0.2, 0.25) is 0 Å². The van der Waals surface area contributed by atoms with Gasteiger partial charge in [-0.05, 0) is 18.6 Å². The average Bonchev–Trinajstić information content (AvgIpc) is 3.13. The molecule has 1 N–H and O–H groups in total. The Morgan fingerprint density at radius 2 is 1.94 bits per heavy atom. The van der Waals surface area contributed by atoms with Gasteiger partial charge in [-0.3, -0.25) is 4.79 Å². The Hall–Kier alpha value is -3.39. The molecule has 31 heavy (non-hydrogen) atoms. The fourth-order valence-electron chi connectivity index (χ4n) is 3.38. The Morgan fingerprint density at radius 1 is 1.19 bits per heavy atom. The number of carbonyl (C=O) groups excluding carboxylic acids is 1. The number of methoxy groups -OCH3 is 2. The van der Waals surface area contributed by atoms with Crippen LogP contribution in [0.5, 0.6) is 11.5 Å². The van der Waals surface area contributed by atoms with Crippen LogP contribution in [0, 0.1) is 6.92 Å². The standard InChI is InChI=1S/C23H26N4O3S/c1-6-11-27(12-7-2)23(28)20-15(3)18-21(25-14-26-22(18)31-20)24-13-16-9-8-10-17(29-4)19(16)30-5/h6-10,14H,1-2,11-13H2,3-5H3,(H,24,25,26). The summed E-state index contributed by atoms with van der Waals surface area (Å²) in [5.74, 6) is 1.94. The van der Waals surface area contributed by atoms with Crippen LogP contribution >= 0.6 is 11.3 Å². The van der Waals surface area contributed by atoms with Crippen molar-refractivity contribution in [3.05, 3.63) is 65.8 Å². The van der Waals surface area contributed by atoms with E-state index >= 15 is 0 Å². The van der Waals surface area contributed by atoms with Crippen molar-refractivity contribution in [2.24, 2.45) is 0 Å². The molecule has 0 atom stereocenters. The van der Waals surface area contributed by atoms with E-state index in [0.29, 0.717) is 41.8 Å². The van der Waals surface area contributed by atoms with Gasteiger partial charge in [-0.25, -0.2) is 9.97 Å². The molecule has 0 radical (unpaired) electrons. The van der Waals surface area contributed by atoms with Crippen LogP contribution in [0.25, 0.3) is 10.2 Å². The summed E-state index contributed by atoms with van der Waals surface area (Å²) in [6.07, 6.45) is 4.92. The second-order valence-electron chi connectivity index (χ2n) is 6.75. The molecule has 0 aliphatic carbocycles. The van der Waals surface area contributed by atoms with Gasteiger partial charge in [-0.1, -0.05) is 24.3 Å². The first-order valence-electron chi connectivity index (χ1n) is 9.74. The molecule has 162 valence electrons. The van der Waals surface area contributed by atoms with Crippen LogP contribution in [-0.2, 0) is 6.54 Å². The average molecular weight is 439 g/mol. The summed E-state index contributed by atoms with van der Waals surface area (Å²) in [6, 6.07) is 5.73. The number of fused-ring (bicyclic) bond motifs is 1. The van der Waals surface area contributed by atoms with Crippen molar-refractivity contribution >= 4 is 33.3 Å². The molecule has 0 bridgehead atoms. The number of amides is 1. The van der Waals surface area contributed by atoms with Crippen LogP contribution in [-0.4, -0.2) is 48.1 Å². The summed E-state index contributed by atoms with van der Waals surface area (Å²) in [6.45, 7) is 10.8. The molecule has 0 saturated heterocycles. The molecular formula is C23H26N4O3S. The summed E-state index contributed by atoms with van der Waals surface area (Å²) < 4.78 is 10.9. The lowest BCUT2D eigenvalue weighted by molar-refractivity contribution is 0.0795. The van der Waals surface area contributed by atoms with E-state index in [-0.39, 0.29) is 5.91 Å². The molecular weight excluding hydrogens is 412 g/mol. The van der Waals surface area contributed by atoms with E-state index in [0.717, 1.165) is 21.3 Å². The third-order valence-corrected chi connectivity index (χ3v) is 6.03. The molecule has 0 saturated carbocycles. The number of aryl methyl sites for hydroxylation is 1. The molecule has 2 heterocycles. The molecule has 1 aromatic carbocycles. The minimum absolute atomic E-state index is 0.0688. The third-order valence-electron chi connectivity index (χ3n) is 4.84. The van der Waals surface area contributed by atoms with E-state index in [4.69, 9.17) is 9.47 Å². The number of hydrogen-bond acceptors (Lipinski definition) is 7. The second-order valence-corrected chi connectivity index (χ2v) is 7.75. The van der Waals surface area contributed by atoms with Crippen LogP contribution in [0.4, 0.5) is 5.82 Å². The van der Waals surface area contributed by atoms with E-state index in [1.54, 1.807) is 31.3 Å². The minimum Gasteiger partial charge on any atom is -0.493 e. The van der Waals surface area contributed by atoms with Gasteiger partial charge in [0.25, 0.3) is 5.91 Å². The van der Waals surface area contributed by atoms with Gasteiger partial charge in [0.1, 0.15) is 17.0 Å². The highest BCUT2D eigenvalue weighted by Gasteiger charge is 2.23. The molecule has 7 nitrogen and oxygen atoms in total. The smallest absolute Gasteiger partial charge is 0.264 e. The predicted molar refractivity (Wildman–Crippen MR) is 125 cm³/mol. The Morgan fingerprint density at radius 3 is 2.58 bits per heavy atom. The molecule has 0 aliphatic heterocycles. The zero-order valence-corrected chi connectivity index (χ0v) is 18.8. The fourth-order valence-corrected chi connectivity index (χ4v) is 4.49. The topological polar surface area (TPSA) is 76.6 Å². The first kappa shape index (κ1) is 22.3. The molecule has 0 spiro atoms. The number of carbonyl (C=O) groups is 1. The minimum atomic E-state index is -0.0688. The number of benzene rings is 1. The van der Waals surface area contributed by atoms with Crippen LogP contribution in [0.15, 0.2) is 49.8 Å². The number of nitrogens with one attached hydrogen (secondary N) is 1.